The van der Waals surface area contributed by atoms with Gasteiger partial charge in [-0.1, -0.05) is 78.1 Å². The summed E-state index contributed by atoms with van der Waals surface area (Å²) in [5.74, 6) is 0.617. The van der Waals surface area contributed by atoms with Crippen molar-refractivity contribution in [2.24, 2.45) is 0 Å². The van der Waals surface area contributed by atoms with Gasteiger partial charge in [-0.3, -0.25) is 4.79 Å². The van der Waals surface area contributed by atoms with E-state index >= 15 is 0 Å². The Kier molecular flexibility index (Phi) is 15.5. The summed E-state index contributed by atoms with van der Waals surface area (Å²) in [4.78, 5) is 14.7. The minimum absolute atomic E-state index is 0.00179. The lowest BCUT2D eigenvalue weighted by molar-refractivity contribution is 0.0772. The third kappa shape index (κ3) is 10.6. The van der Waals surface area contributed by atoms with E-state index in [0.717, 1.165) is 25.7 Å². The Labute approximate surface area is 196 Å². The molecule has 0 bridgehead atoms. The highest BCUT2D eigenvalue weighted by molar-refractivity contribution is 5.95. The number of amides is 1. The summed E-state index contributed by atoms with van der Waals surface area (Å²) in [5, 5.41) is 10.7. The van der Waals surface area contributed by atoms with Gasteiger partial charge in [0.15, 0.2) is 11.5 Å². The van der Waals surface area contributed by atoms with Crippen LogP contribution in [0.3, 0.4) is 0 Å². The standard InChI is InChI=1S/C27H47NO4/c1-5-9-11-13-15-17-19-31-24-21-23(27(30)28(7-3)8-4)22-25(26(24)29)32-20-18-16-14-12-10-6-2/h21-22,29H,5-20H2,1-4H3. The Morgan fingerprint density at radius 1 is 0.719 bits per heavy atom. The van der Waals surface area contributed by atoms with Crippen LogP contribution in [0.25, 0.3) is 0 Å². The number of ether oxygens (including phenoxy) is 2. The van der Waals surface area contributed by atoms with Crippen LogP contribution in [0, 0.1) is 0 Å². The zero-order valence-corrected chi connectivity index (χ0v) is 21.1. The van der Waals surface area contributed by atoms with Crippen molar-refractivity contribution >= 4 is 5.91 Å². The highest BCUT2D eigenvalue weighted by atomic mass is 16.5. The predicted molar refractivity (Wildman–Crippen MR) is 133 cm³/mol. The van der Waals surface area contributed by atoms with Gasteiger partial charge in [-0.25, -0.2) is 0 Å². The van der Waals surface area contributed by atoms with Gasteiger partial charge in [0.2, 0.25) is 5.75 Å². The smallest absolute Gasteiger partial charge is 0.254 e. The molecule has 5 heteroatoms. The first-order valence-corrected chi connectivity index (χ1v) is 13.0. The maximum atomic E-state index is 12.9. The third-order valence-electron chi connectivity index (χ3n) is 5.85. The number of phenolic OH excluding ortho intramolecular Hbond substituents is 1. The van der Waals surface area contributed by atoms with E-state index in [-0.39, 0.29) is 11.7 Å². The van der Waals surface area contributed by atoms with Gasteiger partial charge in [0.05, 0.1) is 13.2 Å². The van der Waals surface area contributed by atoms with Gasteiger partial charge in [-0.2, -0.15) is 0 Å². The molecule has 0 spiro atoms. The second kappa shape index (κ2) is 17.6. The second-order valence-electron chi connectivity index (χ2n) is 8.53. The average Bonchev–Trinajstić information content (AvgIpc) is 2.80. The van der Waals surface area contributed by atoms with Crippen LogP contribution in [0.15, 0.2) is 12.1 Å². The first-order chi connectivity index (χ1) is 15.6. The van der Waals surface area contributed by atoms with Crippen molar-refractivity contribution in [1.82, 2.24) is 4.90 Å². The highest BCUT2D eigenvalue weighted by Crippen LogP contribution is 2.38. The van der Waals surface area contributed by atoms with Crippen molar-refractivity contribution in [3.05, 3.63) is 17.7 Å². The molecule has 0 atom stereocenters. The fraction of sp³-hybridized carbons (Fsp3) is 0.741. The fourth-order valence-electron chi connectivity index (χ4n) is 3.75. The van der Waals surface area contributed by atoms with Crippen LogP contribution in [0.4, 0.5) is 0 Å². The molecule has 0 aromatic heterocycles. The first-order valence-electron chi connectivity index (χ1n) is 13.0. The Hall–Kier alpha value is -1.91. The predicted octanol–water partition coefficient (Wildman–Crippen LogP) is 7.35. The van der Waals surface area contributed by atoms with E-state index in [9.17, 15) is 9.90 Å². The van der Waals surface area contributed by atoms with Crippen molar-refractivity contribution in [3.63, 3.8) is 0 Å². The molecule has 1 aromatic carbocycles. The number of hydrogen-bond acceptors (Lipinski definition) is 4. The van der Waals surface area contributed by atoms with E-state index in [4.69, 9.17) is 9.47 Å². The molecule has 1 N–H and O–H groups in total. The van der Waals surface area contributed by atoms with Crippen LogP contribution < -0.4 is 9.47 Å². The van der Waals surface area contributed by atoms with E-state index in [1.165, 1.54) is 51.4 Å². The van der Waals surface area contributed by atoms with E-state index in [0.29, 0.717) is 43.4 Å². The summed E-state index contributed by atoms with van der Waals surface area (Å²) in [6, 6.07) is 3.31. The largest absolute Gasteiger partial charge is 0.502 e. The summed E-state index contributed by atoms with van der Waals surface area (Å²) < 4.78 is 11.8. The van der Waals surface area contributed by atoms with E-state index in [2.05, 4.69) is 13.8 Å². The highest BCUT2D eigenvalue weighted by Gasteiger charge is 2.19. The normalized spacial score (nSPS) is 10.9. The first kappa shape index (κ1) is 28.1. The minimum Gasteiger partial charge on any atom is -0.502 e. The summed E-state index contributed by atoms with van der Waals surface area (Å²) in [5.41, 5.74) is 0.502. The molecule has 0 aliphatic carbocycles. The van der Waals surface area contributed by atoms with Crippen LogP contribution >= 0.6 is 0 Å². The average molecular weight is 450 g/mol. The van der Waals surface area contributed by atoms with Crippen LogP contribution in [0.5, 0.6) is 17.2 Å². The molecule has 1 amide bonds. The quantitative estimate of drug-likeness (QED) is 0.224. The molecule has 0 radical (unpaired) electrons. The second-order valence-corrected chi connectivity index (χ2v) is 8.53. The molecule has 0 unspecified atom stereocenters. The molecule has 0 saturated carbocycles. The van der Waals surface area contributed by atoms with Crippen molar-refractivity contribution in [2.75, 3.05) is 26.3 Å². The number of hydrogen-bond donors (Lipinski definition) is 1. The molecule has 184 valence electrons. The lowest BCUT2D eigenvalue weighted by Crippen LogP contribution is -2.30. The molecule has 1 aromatic rings. The molecule has 1 rings (SSSR count). The number of benzene rings is 1. The molecule has 32 heavy (non-hydrogen) atoms. The number of aromatic hydroxyl groups is 1. The summed E-state index contributed by atoms with van der Waals surface area (Å²) in [7, 11) is 0. The molecule has 0 aliphatic heterocycles. The van der Waals surface area contributed by atoms with Crippen molar-refractivity contribution in [2.45, 2.75) is 105 Å². The minimum atomic E-state index is -0.0659. The van der Waals surface area contributed by atoms with Crippen molar-refractivity contribution in [3.8, 4) is 17.2 Å². The maximum Gasteiger partial charge on any atom is 0.254 e. The number of nitrogens with zero attached hydrogens (tertiary/aromatic N) is 1. The topological polar surface area (TPSA) is 59.0 Å². The van der Waals surface area contributed by atoms with E-state index < -0.39 is 0 Å². The van der Waals surface area contributed by atoms with Crippen molar-refractivity contribution in [1.29, 1.82) is 0 Å². The maximum absolute atomic E-state index is 12.9. The van der Waals surface area contributed by atoms with Gasteiger partial charge >= 0.3 is 0 Å². The van der Waals surface area contributed by atoms with Crippen LogP contribution in [0.2, 0.25) is 0 Å². The van der Waals surface area contributed by atoms with Crippen LogP contribution in [0.1, 0.15) is 115 Å². The van der Waals surface area contributed by atoms with Gasteiger partial charge < -0.3 is 19.5 Å². The zero-order valence-electron chi connectivity index (χ0n) is 21.1. The number of phenols is 1. The SMILES string of the molecule is CCCCCCCCOc1cc(C(=O)N(CC)CC)cc(OCCCCCCCC)c1O. The number of carbonyl (C=O) groups excluding carboxylic acids is 1. The van der Waals surface area contributed by atoms with E-state index in [1.807, 2.05) is 13.8 Å². The molecule has 0 aliphatic rings. The Morgan fingerprint density at radius 3 is 1.53 bits per heavy atom. The lowest BCUT2D eigenvalue weighted by Gasteiger charge is -2.20. The van der Waals surface area contributed by atoms with Crippen molar-refractivity contribution < 1.29 is 19.4 Å². The molecule has 0 fully saturated rings. The Bertz CT molecular complexity index is 589. The van der Waals surface area contributed by atoms with Crippen LogP contribution in [-0.4, -0.2) is 42.2 Å². The number of carbonyl (C=O) groups is 1. The molecule has 0 heterocycles. The number of rotatable bonds is 19. The summed E-state index contributed by atoms with van der Waals surface area (Å²) in [6.07, 6.45) is 14.0. The fourth-order valence-corrected chi connectivity index (χ4v) is 3.75. The van der Waals surface area contributed by atoms with Gasteiger partial charge in [0.1, 0.15) is 0 Å². The molecule has 0 saturated heterocycles. The zero-order chi connectivity index (χ0) is 23.6. The monoisotopic (exact) mass is 449 g/mol. The Balaban J connectivity index is 2.77. The molecular formula is C27H47NO4. The van der Waals surface area contributed by atoms with Gasteiger partial charge in [-0.15, -0.1) is 0 Å². The molecular weight excluding hydrogens is 402 g/mol. The lowest BCUT2D eigenvalue weighted by atomic mass is 10.1. The summed E-state index contributed by atoms with van der Waals surface area (Å²) in [6.45, 7) is 10.7. The van der Waals surface area contributed by atoms with Gasteiger partial charge in [0.25, 0.3) is 5.91 Å². The van der Waals surface area contributed by atoms with Crippen LogP contribution in [-0.2, 0) is 0 Å². The summed E-state index contributed by atoms with van der Waals surface area (Å²) >= 11 is 0. The molecule has 5 nitrogen and oxygen atoms in total. The van der Waals surface area contributed by atoms with E-state index in [1.54, 1.807) is 17.0 Å². The Morgan fingerprint density at radius 2 is 1.12 bits per heavy atom. The van der Waals surface area contributed by atoms with Gasteiger partial charge in [-0.05, 0) is 38.8 Å². The number of unbranched alkanes of at least 4 members (excludes halogenated alkanes) is 10. The van der Waals surface area contributed by atoms with Gasteiger partial charge in [0, 0.05) is 18.7 Å². The third-order valence-corrected chi connectivity index (χ3v) is 5.85.